The van der Waals surface area contributed by atoms with Gasteiger partial charge in [0.2, 0.25) is 0 Å². The molecule has 0 fully saturated rings. The first-order valence-corrected chi connectivity index (χ1v) is 6.78. The quantitative estimate of drug-likeness (QED) is 0.884. The van der Waals surface area contributed by atoms with Gasteiger partial charge in [-0.05, 0) is 40.9 Å². The minimum Gasteiger partial charge on any atom is -0.345 e. The van der Waals surface area contributed by atoms with E-state index in [1.165, 1.54) is 11.3 Å². The molecule has 1 unspecified atom stereocenters. The summed E-state index contributed by atoms with van der Waals surface area (Å²) >= 11 is 4.76. The zero-order valence-electron chi connectivity index (χ0n) is 10.1. The third kappa shape index (κ3) is 4.25. The maximum atomic E-state index is 12.0. The molecule has 6 heteroatoms. The van der Waals surface area contributed by atoms with Gasteiger partial charge in [0.25, 0.3) is 5.91 Å². The highest BCUT2D eigenvalue weighted by Crippen LogP contribution is 2.23. The van der Waals surface area contributed by atoms with Crippen molar-refractivity contribution in [2.45, 2.75) is 26.3 Å². The van der Waals surface area contributed by atoms with E-state index >= 15 is 0 Å². The second kappa shape index (κ2) is 6.73. The van der Waals surface area contributed by atoms with E-state index in [4.69, 9.17) is 5.73 Å². The molecular weight excluding hydrogens is 324 g/mol. The summed E-state index contributed by atoms with van der Waals surface area (Å²) in [7, 11) is 0. The molecular formula is C11H18BrClN2OS. The Bertz CT molecular complexity index is 383. The largest absolute Gasteiger partial charge is 0.345 e. The lowest BCUT2D eigenvalue weighted by Crippen LogP contribution is -2.54. The minimum absolute atomic E-state index is 0. The summed E-state index contributed by atoms with van der Waals surface area (Å²) in [6.45, 7) is 6.51. The Kier molecular flexibility index (Phi) is 6.69. The monoisotopic (exact) mass is 340 g/mol. The van der Waals surface area contributed by atoms with Gasteiger partial charge in [0, 0.05) is 6.54 Å². The van der Waals surface area contributed by atoms with E-state index in [0.717, 1.165) is 3.79 Å². The van der Waals surface area contributed by atoms with Crippen LogP contribution < -0.4 is 11.1 Å². The molecule has 1 amide bonds. The predicted octanol–water partition coefficient (Wildman–Crippen LogP) is 3.04. The Morgan fingerprint density at radius 1 is 1.59 bits per heavy atom. The fraction of sp³-hybridized carbons (Fsp3) is 0.545. The van der Waals surface area contributed by atoms with Crippen LogP contribution in [0.3, 0.4) is 0 Å². The molecule has 0 saturated carbocycles. The van der Waals surface area contributed by atoms with E-state index < -0.39 is 0 Å². The molecule has 1 aromatic rings. The van der Waals surface area contributed by atoms with Crippen molar-refractivity contribution in [1.82, 2.24) is 5.32 Å². The average molecular weight is 342 g/mol. The number of carbonyl (C=O) groups is 1. The summed E-state index contributed by atoms with van der Waals surface area (Å²) in [6.07, 6.45) is 0. The van der Waals surface area contributed by atoms with Crippen molar-refractivity contribution < 1.29 is 4.79 Å². The Morgan fingerprint density at radius 2 is 2.18 bits per heavy atom. The van der Waals surface area contributed by atoms with Crippen LogP contribution in [-0.4, -0.2) is 18.0 Å². The second-order valence-electron chi connectivity index (χ2n) is 4.33. The number of amides is 1. The number of carbonyl (C=O) groups excluding carboxylic acids is 1. The van der Waals surface area contributed by atoms with Crippen LogP contribution in [0.1, 0.15) is 30.4 Å². The van der Waals surface area contributed by atoms with E-state index in [1.54, 1.807) is 6.07 Å². The van der Waals surface area contributed by atoms with Crippen molar-refractivity contribution in [1.29, 1.82) is 0 Å². The molecule has 1 heterocycles. The van der Waals surface area contributed by atoms with Gasteiger partial charge in [0.15, 0.2) is 0 Å². The molecule has 0 radical (unpaired) electrons. The van der Waals surface area contributed by atoms with E-state index in [2.05, 4.69) is 35.1 Å². The fourth-order valence-corrected chi connectivity index (χ4v) is 2.47. The molecule has 1 atom stereocenters. The molecule has 17 heavy (non-hydrogen) atoms. The highest BCUT2D eigenvalue weighted by Gasteiger charge is 2.29. The van der Waals surface area contributed by atoms with Crippen molar-refractivity contribution in [2.75, 3.05) is 6.54 Å². The van der Waals surface area contributed by atoms with Gasteiger partial charge < -0.3 is 11.1 Å². The Labute approximate surface area is 121 Å². The van der Waals surface area contributed by atoms with Gasteiger partial charge in [-0.1, -0.05) is 13.8 Å². The van der Waals surface area contributed by atoms with Crippen LogP contribution in [0.15, 0.2) is 15.9 Å². The molecule has 3 nitrogen and oxygen atoms in total. The summed E-state index contributed by atoms with van der Waals surface area (Å²) in [5, 5.41) is 3.00. The lowest BCUT2D eigenvalue weighted by atomic mass is 9.88. The first kappa shape index (κ1) is 16.9. The predicted molar refractivity (Wildman–Crippen MR) is 79.0 cm³/mol. The molecule has 1 aromatic heterocycles. The van der Waals surface area contributed by atoms with Gasteiger partial charge in [-0.15, -0.1) is 23.7 Å². The van der Waals surface area contributed by atoms with Crippen molar-refractivity contribution in [3.8, 4) is 0 Å². The smallest absolute Gasteiger partial charge is 0.261 e. The van der Waals surface area contributed by atoms with E-state index in [-0.39, 0.29) is 23.9 Å². The molecule has 0 spiro atoms. The van der Waals surface area contributed by atoms with Crippen molar-refractivity contribution in [2.24, 2.45) is 11.7 Å². The number of hydrogen-bond acceptors (Lipinski definition) is 3. The molecule has 0 aliphatic rings. The molecule has 3 N–H and O–H groups in total. The first-order chi connectivity index (χ1) is 7.39. The number of nitrogens with one attached hydrogen (secondary N) is 1. The SMILES string of the molecule is CC(C)C(C)(CN)NC(=O)c1ccc(Br)s1.Cl. The van der Waals surface area contributed by atoms with E-state index in [0.29, 0.717) is 17.3 Å². The number of hydrogen-bond donors (Lipinski definition) is 2. The van der Waals surface area contributed by atoms with Gasteiger partial charge in [0.1, 0.15) is 0 Å². The zero-order valence-corrected chi connectivity index (χ0v) is 13.3. The van der Waals surface area contributed by atoms with Crippen LogP contribution in [0.25, 0.3) is 0 Å². The summed E-state index contributed by atoms with van der Waals surface area (Å²) in [6, 6.07) is 3.68. The fourth-order valence-electron chi connectivity index (χ4n) is 1.19. The third-order valence-corrected chi connectivity index (χ3v) is 4.52. The number of thiophene rings is 1. The van der Waals surface area contributed by atoms with E-state index in [9.17, 15) is 4.79 Å². The Morgan fingerprint density at radius 3 is 2.53 bits per heavy atom. The minimum atomic E-state index is -0.354. The van der Waals surface area contributed by atoms with Gasteiger partial charge in [-0.2, -0.15) is 0 Å². The van der Waals surface area contributed by atoms with Gasteiger partial charge in [-0.25, -0.2) is 0 Å². The molecule has 0 aliphatic carbocycles. The van der Waals surface area contributed by atoms with E-state index in [1.807, 2.05) is 13.0 Å². The van der Waals surface area contributed by atoms with Crippen LogP contribution in [0.4, 0.5) is 0 Å². The van der Waals surface area contributed by atoms with Gasteiger partial charge >= 0.3 is 0 Å². The third-order valence-electron chi connectivity index (χ3n) is 2.89. The first-order valence-electron chi connectivity index (χ1n) is 5.17. The summed E-state index contributed by atoms with van der Waals surface area (Å²) in [4.78, 5) is 12.7. The number of rotatable bonds is 4. The number of halogens is 2. The lowest BCUT2D eigenvalue weighted by Gasteiger charge is -2.33. The normalized spacial score (nSPS) is 14.0. The lowest BCUT2D eigenvalue weighted by molar-refractivity contribution is 0.0887. The Balaban J connectivity index is 0.00000256. The highest BCUT2D eigenvalue weighted by atomic mass is 79.9. The Hall–Kier alpha value is -0.100. The van der Waals surface area contributed by atoms with Crippen molar-refractivity contribution in [3.63, 3.8) is 0 Å². The van der Waals surface area contributed by atoms with Crippen LogP contribution in [0.2, 0.25) is 0 Å². The highest BCUT2D eigenvalue weighted by molar-refractivity contribution is 9.11. The van der Waals surface area contributed by atoms with Crippen LogP contribution >= 0.6 is 39.7 Å². The summed E-state index contributed by atoms with van der Waals surface area (Å²) < 4.78 is 0.955. The van der Waals surface area contributed by atoms with Crippen LogP contribution in [-0.2, 0) is 0 Å². The summed E-state index contributed by atoms with van der Waals surface area (Å²) in [5.74, 6) is 0.238. The summed E-state index contributed by atoms with van der Waals surface area (Å²) in [5.41, 5.74) is 5.37. The van der Waals surface area contributed by atoms with Crippen LogP contribution in [0, 0.1) is 5.92 Å². The van der Waals surface area contributed by atoms with Crippen molar-refractivity contribution in [3.05, 3.63) is 20.8 Å². The second-order valence-corrected chi connectivity index (χ2v) is 6.80. The number of nitrogens with two attached hydrogens (primary N) is 1. The maximum Gasteiger partial charge on any atom is 0.261 e. The molecule has 0 aliphatic heterocycles. The standard InChI is InChI=1S/C11H17BrN2OS.ClH/c1-7(2)11(3,6-13)14-10(15)8-4-5-9(12)16-8;/h4-5,7H,6,13H2,1-3H3,(H,14,15);1H. The average Bonchev–Trinajstić information content (AvgIpc) is 2.64. The molecule has 0 saturated heterocycles. The zero-order chi connectivity index (χ0) is 12.3. The van der Waals surface area contributed by atoms with Gasteiger partial charge in [-0.3, -0.25) is 4.79 Å². The molecule has 98 valence electrons. The maximum absolute atomic E-state index is 12.0. The topological polar surface area (TPSA) is 55.1 Å². The van der Waals surface area contributed by atoms with Crippen molar-refractivity contribution >= 4 is 45.6 Å². The van der Waals surface area contributed by atoms with Gasteiger partial charge in [0.05, 0.1) is 14.2 Å². The molecule has 1 rings (SSSR count). The molecule has 0 aromatic carbocycles. The van der Waals surface area contributed by atoms with Crippen LogP contribution in [0.5, 0.6) is 0 Å². The molecule has 0 bridgehead atoms.